The molecular formula is C9H16INO2. The fourth-order valence-electron chi connectivity index (χ4n) is 1.57. The molecule has 0 bridgehead atoms. The van der Waals surface area contributed by atoms with E-state index in [4.69, 9.17) is 4.74 Å². The highest BCUT2D eigenvalue weighted by Gasteiger charge is 2.38. The molecule has 1 fully saturated rings. The van der Waals surface area contributed by atoms with Crippen LogP contribution in [0.3, 0.4) is 0 Å². The van der Waals surface area contributed by atoms with Crippen LogP contribution in [0.4, 0.5) is 0 Å². The molecule has 1 saturated carbocycles. The quantitative estimate of drug-likeness (QED) is 0.617. The van der Waals surface area contributed by atoms with Crippen molar-refractivity contribution in [3.8, 4) is 0 Å². The summed E-state index contributed by atoms with van der Waals surface area (Å²) in [5.41, 5.74) is -0.130. The molecule has 0 atom stereocenters. The molecule has 0 saturated heterocycles. The zero-order valence-corrected chi connectivity index (χ0v) is 10.1. The number of ether oxygens (including phenoxy) is 1. The Morgan fingerprint density at radius 1 is 1.62 bits per heavy atom. The molecule has 76 valence electrons. The number of alkyl halides is 1. The maximum atomic E-state index is 11.4. The van der Waals surface area contributed by atoms with Crippen LogP contribution in [-0.2, 0) is 9.53 Å². The number of rotatable bonds is 5. The van der Waals surface area contributed by atoms with Gasteiger partial charge >= 0.3 is 0 Å². The molecule has 0 aliphatic heterocycles. The van der Waals surface area contributed by atoms with E-state index in [9.17, 15) is 4.79 Å². The fraction of sp³-hybridized carbons (Fsp3) is 0.889. The van der Waals surface area contributed by atoms with Crippen LogP contribution in [0.1, 0.15) is 25.7 Å². The lowest BCUT2D eigenvalue weighted by Gasteiger charge is -2.39. The maximum Gasteiger partial charge on any atom is 0.222 e. The molecule has 1 N–H and O–H groups in total. The van der Waals surface area contributed by atoms with Crippen molar-refractivity contribution in [3.63, 3.8) is 0 Å². The lowest BCUT2D eigenvalue weighted by Crippen LogP contribution is -2.44. The third-order valence-electron chi connectivity index (χ3n) is 2.60. The van der Waals surface area contributed by atoms with Gasteiger partial charge in [-0.05, 0) is 19.3 Å². The Bertz CT molecular complexity index is 175. The fourth-order valence-corrected chi connectivity index (χ4v) is 1.84. The van der Waals surface area contributed by atoms with Gasteiger partial charge < -0.3 is 10.1 Å². The Hall–Kier alpha value is 0.160. The van der Waals surface area contributed by atoms with Gasteiger partial charge in [0.2, 0.25) is 5.91 Å². The van der Waals surface area contributed by atoms with Crippen molar-refractivity contribution in [2.75, 3.05) is 18.1 Å². The van der Waals surface area contributed by atoms with E-state index in [0.29, 0.717) is 6.42 Å². The van der Waals surface area contributed by atoms with E-state index in [1.54, 1.807) is 7.11 Å². The summed E-state index contributed by atoms with van der Waals surface area (Å²) >= 11 is 2.24. The SMILES string of the molecule is COC1(CC(=O)NCCI)CCC1. The largest absolute Gasteiger partial charge is 0.378 e. The molecule has 13 heavy (non-hydrogen) atoms. The monoisotopic (exact) mass is 297 g/mol. The van der Waals surface area contributed by atoms with Gasteiger partial charge in [0.05, 0.1) is 12.0 Å². The van der Waals surface area contributed by atoms with Gasteiger partial charge in [-0.15, -0.1) is 0 Å². The Morgan fingerprint density at radius 3 is 2.69 bits per heavy atom. The van der Waals surface area contributed by atoms with Crippen LogP contribution >= 0.6 is 22.6 Å². The number of carbonyl (C=O) groups is 1. The summed E-state index contributed by atoms with van der Waals surface area (Å²) < 4.78 is 6.32. The smallest absolute Gasteiger partial charge is 0.222 e. The summed E-state index contributed by atoms with van der Waals surface area (Å²) in [7, 11) is 1.70. The first-order valence-corrected chi connectivity index (χ1v) is 6.13. The highest BCUT2D eigenvalue weighted by molar-refractivity contribution is 14.1. The van der Waals surface area contributed by atoms with Crippen molar-refractivity contribution in [1.29, 1.82) is 0 Å². The molecule has 1 amide bonds. The van der Waals surface area contributed by atoms with E-state index in [1.807, 2.05) is 0 Å². The first kappa shape index (κ1) is 11.2. The van der Waals surface area contributed by atoms with Gasteiger partial charge in [0.15, 0.2) is 0 Å². The maximum absolute atomic E-state index is 11.4. The number of carbonyl (C=O) groups excluding carboxylic acids is 1. The van der Waals surface area contributed by atoms with Crippen LogP contribution in [0, 0.1) is 0 Å². The third-order valence-corrected chi connectivity index (χ3v) is 3.14. The number of amides is 1. The normalized spacial score (nSPS) is 19.2. The first-order valence-electron chi connectivity index (χ1n) is 4.60. The van der Waals surface area contributed by atoms with Crippen LogP contribution in [0.5, 0.6) is 0 Å². The Morgan fingerprint density at radius 2 is 2.31 bits per heavy atom. The summed E-state index contributed by atoms with van der Waals surface area (Å²) in [5, 5.41) is 2.86. The lowest BCUT2D eigenvalue weighted by atomic mass is 9.77. The average molecular weight is 297 g/mol. The van der Waals surface area contributed by atoms with E-state index in [2.05, 4.69) is 27.9 Å². The number of hydrogen-bond donors (Lipinski definition) is 1. The lowest BCUT2D eigenvalue weighted by molar-refractivity contribution is -0.134. The molecule has 0 heterocycles. The Kier molecular flexibility index (Phi) is 4.45. The first-order chi connectivity index (χ1) is 6.22. The minimum absolute atomic E-state index is 0.123. The highest BCUT2D eigenvalue weighted by Crippen LogP contribution is 2.37. The molecule has 1 aliphatic rings. The summed E-state index contributed by atoms with van der Waals surface area (Å²) in [4.78, 5) is 11.4. The van der Waals surface area contributed by atoms with Gasteiger partial charge in [-0.25, -0.2) is 0 Å². The molecule has 3 nitrogen and oxygen atoms in total. The standard InChI is InChI=1S/C9H16INO2/c1-13-9(3-2-4-9)7-8(12)11-6-5-10/h2-7H2,1H3,(H,11,12). The number of methoxy groups -OCH3 is 1. The molecule has 1 rings (SSSR count). The predicted octanol–water partition coefficient (Wildman–Crippen LogP) is 1.50. The van der Waals surface area contributed by atoms with E-state index in [1.165, 1.54) is 6.42 Å². The van der Waals surface area contributed by atoms with Crippen molar-refractivity contribution in [2.24, 2.45) is 0 Å². The summed E-state index contributed by atoms with van der Waals surface area (Å²) in [6, 6.07) is 0. The summed E-state index contributed by atoms with van der Waals surface area (Å²) in [5.74, 6) is 0.123. The second kappa shape index (κ2) is 5.14. The second-order valence-electron chi connectivity index (χ2n) is 3.46. The Labute approximate surface area is 92.7 Å². The third kappa shape index (κ3) is 3.09. The van der Waals surface area contributed by atoms with Crippen LogP contribution < -0.4 is 5.32 Å². The zero-order valence-electron chi connectivity index (χ0n) is 7.94. The summed E-state index contributed by atoms with van der Waals surface area (Å²) in [6.45, 7) is 0.763. The number of halogens is 1. The van der Waals surface area contributed by atoms with Crippen molar-refractivity contribution >= 4 is 28.5 Å². The van der Waals surface area contributed by atoms with Crippen molar-refractivity contribution in [3.05, 3.63) is 0 Å². The van der Waals surface area contributed by atoms with Crippen molar-refractivity contribution in [2.45, 2.75) is 31.3 Å². The Balaban J connectivity index is 2.25. The highest BCUT2D eigenvalue weighted by atomic mass is 127. The zero-order chi connectivity index (χ0) is 9.73. The topological polar surface area (TPSA) is 38.3 Å². The van der Waals surface area contributed by atoms with Gasteiger partial charge in [-0.2, -0.15) is 0 Å². The second-order valence-corrected chi connectivity index (χ2v) is 4.54. The minimum atomic E-state index is -0.130. The number of hydrogen-bond acceptors (Lipinski definition) is 2. The van der Waals surface area contributed by atoms with E-state index < -0.39 is 0 Å². The van der Waals surface area contributed by atoms with Crippen molar-refractivity contribution in [1.82, 2.24) is 5.32 Å². The van der Waals surface area contributed by atoms with E-state index in [-0.39, 0.29) is 11.5 Å². The molecule has 0 spiro atoms. The van der Waals surface area contributed by atoms with Crippen molar-refractivity contribution < 1.29 is 9.53 Å². The predicted molar refractivity (Wildman–Crippen MR) is 60.1 cm³/mol. The molecular weight excluding hydrogens is 281 g/mol. The van der Waals surface area contributed by atoms with Crippen LogP contribution in [0.2, 0.25) is 0 Å². The molecule has 4 heteroatoms. The number of nitrogens with one attached hydrogen (secondary N) is 1. The molecule has 0 aromatic heterocycles. The summed E-state index contributed by atoms with van der Waals surface area (Å²) in [6.07, 6.45) is 3.77. The minimum Gasteiger partial charge on any atom is -0.378 e. The molecule has 0 aromatic rings. The van der Waals surface area contributed by atoms with E-state index in [0.717, 1.165) is 23.8 Å². The van der Waals surface area contributed by atoms with Crippen LogP contribution in [0.25, 0.3) is 0 Å². The molecule has 0 aromatic carbocycles. The van der Waals surface area contributed by atoms with Gasteiger partial charge in [0.25, 0.3) is 0 Å². The average Bonchev–Trinajstić information content (AvgIpc) is 2.08. The van der Waals surface area contributed by atoms with Gasteiger partial charge in [0.1, 0.15) is 0 Å². The molecule has 1 aliphatic carbocycles. The molecule has 0 unspecified atom stereocenters. The van der Waals surface area contributed by atoms with E-state index >= 15 is 0 Å². The van der Waals surface area contributed by atoms with Gasteiger partial charge in [-0.1, -0.05) is 22.6 Å². The van der Waals surface area contributed by atoms with Crippen LogP contribution in [-0.4, -0.2) is 29.6 Å². The van der Waals surface area contributed by atoms with Gasteiger partial charge in [-0.3, -0.25) is 4.79 Å². The van der Waals surface area contributed by atoms with Gasteiger partial charge in [0, 0.05) is 18.1 Å². The van der Waals surface area contributed by atoms with Crippen LogP contribution in [0.15, 0.2) is 0 Å². The molecule has 0 radical (unpaired) electrons.